The lowest BCUT2D eigenvalue weighted by Crippen LogP contribution is -2.33. The first-order chi connectivity index (χ1) is 12.1. The Hall–Kier alpha value is -3.15. The number of fused-ring (bicyclic) bond motifs is 1. The molecule has 3 rings (SSSR count). The highest BCUT2D eigenvalue weighted by atomic mass is 16.7. The van der Waals surface area contributed by atoms with Crippen LogP contribution in [0.2, 0.25) is 0 Å². The van der Waals surface area contributed by atoms with Gasteiger partial charge in [-0.15, -0.1) is 0 Å². The number of imide groups is 1. The van der Waals surface area contributed by atoms with Gasteiger partial charge in [0.15, 0.2) is 0 Å². The molecule has 0 radical (unpaired) electrons. The first-order valence-corrected chi connectivity index (χ1v) is 8.01. The number of nitrogens with zero attached hydrogens (tertiary/aromatic N) is 1. The normalized spacial score (nSPS) is 12.9. The summed E-state index contributed by atoms with van der Waals surface area (Å²) < 4.78 is 5.59. The Morgan fingerprint density at radius 1 is 0.960 bits per heavy atom. The molecule has 1 heterocycles. The van der Waals surface area contributed by atoms with Crippen molar-refractivity contribution in [2.45, 2.75) is 19.8 Å². The maximum Gasteiger partial charge on any atom is 0.336 e. The van der Waals surface area contributed by atoms with E-state index in [9.17, 15) is 14.4 Å². The summed E-state index contributed by atoms with van der Waals surface area (Å²) in [5.74, 6) is -1.26. The molecule has 0 fully saturated rings. The number of hydrogen-bond donors (Lipinski definition) is 0. The molecule has 0 saturated carbocycles. The van der Waals surface area contributed by atoms with Gasteiger partial charge in [0.25, 0.3) is 11.8 Å². The third-order valence-corrected chi connectivity index (χ3v) is 3.87. The van der Waals surface area contributed by atoms with Crippen molar-refractivity contribution in [3.63, 3.8) is 0 Å². The summed E-state index contributed by atoms with van der Waals surface area (Å²) >= 11 is 0. The van der Waals surface area contributed by atoms with Crippen molar-refractivity contribution in [3.05, 3.63) is 65.2 Å². The molecule has 0 saturated heterocycles. The van der Waals surface area contributed by atoms with Gasteiger partial charge in [-0.25, -0.2) is 4.79 Å². The van der Waals surface area contributed by atoms with Crippen LogP contribution >= 0.6 is 0 Å². The van der Waals surface area contributed by atoms with E-state index in [1.807, 2.05) is 31.2 Å². The van der Waals surface area contributed by atoms with Gasteiger partial charge >= 0.3 is 5.97 Å². The van der Waals surface area contributed by atoms with Crippen molar-refractivity contribution in [2.24, 2.45) is 0 Å². The van der Waals surface area contributed by atoms with Gasteiger partial charge in [-0.3, -0.25) is 9.59 Å². The lowest BCUT2D eigenvalue weighted by Gasteiger charge is -2.13. The van der Waals surface area contributed by atoms with Gasteiger partial charge in [0.2, 0.25) is 0 Å². The van der Waals surface area contributed by atoms with Crippen LogP contribution in [0.15, 0.2) is 48.5 Å². The third-order valence-electron chi connectivity index (χ3n) is 3.87. The molecule has 1 aliphatic heterocycles. The quantitative estimate of drug-likeness (QED) is 0.757. The van der Waals surface area contributed by atoms with Gasteiger partial charge in [0, 0.05) is 0 Å². The van der Waals surface area contributed by atoms with E-state index in [2.05, 4.69) is 0 Å². The number of para-hydroxylation sites is 1. The Morgan fingerprint density at radius 3 is 2.20 bits per heavy atom. The molecule has 2 aromatic carbocycles. The number of ether oxygens (including phenoxy) is 1. The molecule has 0 atom stereocenters. The molecule has 0 N–H and O–H groups in total. The highest BCUT2D eigenvalue weighted by Crippen LogP contribution is 2.23. The second-order valence-electron chi connectivity index (χ2n) is 5.47. The number of carbonyl (C=O) groups excluding carboxylic acids is 3. The maximum absolute atomic E-state index is 12.1. The minimum Gasteiger partial charge on any atom is -0.493 e. The third kappa shape index (κ3) is 3.38. The zero-order valence-electron chi connectivity index (χ0n) is 13.7. The monoisotopic (exact) mass is 339 g/mol. The predicted octanol–water partition coefficient (Wildman–Crippen LogP) is 2.77. The minimum absolute atomic E-state index is 0.0779. The van der Waals surface area contributed by atoms with Gasteiger partial charge in [0.05, 0.1) is 24.2 Å². The first kappa shape index (κ1) is 16.7. The predicted molar refractivity (Wildman–Crippen MR) is 89.0 cm³/mol. The van der Waals surface area contributed by atoms with E-state index < -0.39 is 17.8 Å². The lowest BCUT2D eigenvalue weighted by molar-refractivity contribution is -0.169. The first-order valence-electron chi connectivity index (χ1n) is 8.01. The van der Waals surface area contributed by atoms with Gasteiger partial charge in [-0.2, -0.15) is 0 Å². The Kier molecular flexibility index (Phi) is 4.79. The molecule has 0 bridgehead atoms. The zero-order chi connectivity index (χ0) is 17.8. The van der Waals surface area contributed by atoms with Gasteiger partial charge in [0.1, 0.15) is 5.75 Å². The lowest BCUT2D eigenvalue weighted by atomic mass is 10.1. The molecule has 0 aliphatic carbocycles. The molecule has 2 amide bonds. The van der Waals surface area contributed by atoms with E-state index in [0.717, 1.165) is 12.0 Å². The van der Waals surface area contributed by atoms with E-state index >= 15 is 0 Å². The number of amides is 2. The van der Waals surface area contributed by atoms with E-state index in [0.29, 0.717) is 10.8 Å². The fourth-order valence-corrected chi connectivity index (χ4v) is 2.58. The van der Waals surface area contributed by atoms with E-state index in [1.54, 1.807) is 12.1 Å². The van der Waals surface area contributed by atoms with Gasteiger partial charge in [-0.1, -0.05) is 42.3 Å². The van der Waals surface area contributed by atoms with Crippen LogP contribution in [0.25, 0.3) is 0 Å². The summed E-state index contributed by atoms with van der Waals surface area (Å²) in [6.45, 7) is 2.11. The highest BCUT2D eigenvalue weighted by Gasteiger charge is 2.38. The molecule has 2 aromatic rings. The number of benzene rings is 2. The summed E-state index contributed by atoms with van der Waals surface area (Å²) in [7, 11) is 0. The Balaban J connectivity index is 1.55. The van der Waals surface area contributed by atoms with E-state index in [4.69, 9.17) is 9.57 Å². The van der Waals surface area contributed by atoms with Gasteiger partial charge < -0.3 is 9.57 Å². The largest absolute Gasteiger partial charge is 0.493 e. The van der Waals surface area contributed by atoms with Crippen molar-refractivity contribution in [3.8, 4) is 5.75 Å². The molecule has 0 spiro atoms. The molecule has 1 aliphatic rings. The van der Waals surface area contributed by atoms with Gasteiger partial charge in [-0.05, 0) is 30.2 Å². The Morgan fingerprint density at radius 2 is 1.56 bits per heavy atom. The summed E-state index contributed by atoms with van der Waals surface area (Å²) in [6, 6.07) is 13.9. The second-order valence-corrected chi connectivity index (χ2v) is 5.47. The number of carbonyl (C=O) groups is 3. The molecule has 6 heteroatoms. The van der Waals surface area contributed by atoms with Crippen molar-refractivity contribution < 1.29 is 24.0 Å². The highest BCUT2D eigenvalue weighted by molar-refractivity contribution is 6.20. The standard InChI is InChI=1S/C19H17NO5/c1-2-13-7-3-6-10-16(13)24-12-11-17(21)25-20-18(22)14-8-4-5-9-15(14)19(20)23/h3-10H,2,11-12H2,1H3. The van der Waals surface area contributed by atoms with Crippen LogP contribution in [0, 0.1) is 0 Å². The maximum atomic E-state index is 12.1. The summed E-state index contributed by atoms with van der Waals surface area (Å²) in [5.41, 5.74) is 1.50. The summed E-state index contributed by atoms with van der Waals surface area (Å²) in [5, 5.41) is 0.507. The smallest absolute Gasteiger partial charge is 0.336 e. The van der Waals surface area contributed by atoms with Crippen LogP contribution in [0.4, 0.5) is 0 Å². The number of hydrogen-bond acceptors (Lipinski definition) is 5. The number of aryl methyl sites for hydroxylation is 1. The zero-order valence-corrected chi connectivity index (χ0v) is 13.7. The van der Waals surface area contributed by atoms with Crippen LogP contribution in [0.5, 0.6) is 5.75 Å². The average molecular weight is 339 g/mol. The fraction of sp³-hybridized carbons (Fsp3) is 0.211. The summed E-state index contributed by atoms with van der Waals surface area (Å²) in [4.78, 5) is 41.1. The average Bonchev–Trinajstić information content (AvgIpc) is 2.87. The molecule has 25 heavy (non-hydrogen) atoms. The van der Waals surface area contributed by atoms with Crippen LogP contribution in [0.3, 0.4) is 0 Å². The molecule has 0 unspecified atom stereocenters. The van der Waals surface area contributed by atoms with Crippen LogP contribution in [-0.4, -0.2) is 29.5 Å². The van der Waals surface area contributed by atoms with Crippen molar-refractivity contribution >= 4 is 17.8 Å². The minimum atomic E-state index is -0.705. The molecule has 6 nitrogen and oxygen atoms in total. The molecule has 0 aromatic heterocycles. The Bertz CT molecular complexity index is 795. The Labute approximate surface area is 144 Å². The number of hydroxylamine groups is 2. The van der Waals surface area contributed by atoms with Crippen LogP contribution < -0.4 is 4.74 Å². The van der Waals surface area contributed by atoms with Crippen molar-refractivity contribution in [2.75, 3.05) is 6.61 Å². The van der Waals surface area contributed by atoms with Crippen molar-refractivity contribution in [1.29, 1.82) is 0 Å². The molecular formula is C19H17NO5. The van der Waals surface area contributed by atoms with E-state index in [1.165, 1.54) is 12.1 Å². The van der Waals surface area contributed by atoms with E-state index in [-0.39, 0.29) is 24.2 Å². The van der Waals surface area contributed by atoms with Crippen molar-refractivity contribution in [1.82, 2.24) is 5.06 Å². The van der Waals surface area contributed by atoms with Crippen LogP contribution in [-0.2, 0) is 16.1 Å². The molecular weight excluding hydrogens is 322 g/mol. The fourth-order valence-electron chi connectivity index (χ4n) is 2.58. The molecule has 128 valence electrons. The second kappa shape index (κ2) is 7.17. The number of rotatable bonds is 6. The topological polar surface area (TPSA) is 72.9 Å². The SMILES string of the molecule is CCc1ccccc1OCCC(=O)ON1C(=O)c2ccccc2C1=O. The summed E-state index contributed by atoms with van der Waals surface area (Å²) in [6.07, 6.45) is 0.737. The van der Waals surface area contributed by atoms with Crippen LogP contribution in [0.1, 0.15) is 39.6 Å².